The Morgan fingerprint density at radius 3 is 2.39 bits per heavy atom. The van der Waals surface area contributed by atoms with Crippen molar-refractivity contribution in [2.24, 2.45) is 0 Å². The smallest absolute Gasteiger partial charge is 0.252 e. The summed E-state index contributed by atoms with van der Waals surface area (Å²) in [4.78, 5) is 14.0. The largest absolute Gasteiger partial charge is 0.355 e. The monoisotopic (exact) mass is 445 g/mol. The van der Waals surface area contributed by atoms with Crippen LogP contribution in [0.5, 0.6) is 0 Å². The fourth-order valence-electron chi connectivity index (χ4n) is 2.95. The highest BCUT2D eigenvalue weighted by Gasteiger charge is 2.30. The molecule has 0 spiro atoms. The molecule has 6 nitrogen and oxygen atoms in total. The summed E-state index contributed by atoms with van der Waals surface area (Å²) in [5, 5.41) is 2.84. The molecule has 1 amide bonds. The quantitative estimate of drug-likeness (QED) is 0.709. The van der Waals surface area contributed by atoms with Crippen molar-refractivity contribution in [3.05, 3.63) is 52.1 Å². The van der Waals surface area contributed by atoms with Crippen LogP contribution in [0, 0.1) is 5.82 Å². The van der Waals surface area contributed by atoms with Crippen LogP contribution < -0.4 is 5.32 Å². The molecule has 0 unspecified atom stereocenters. The van der Waals surface area contributed by atoms with Crippen LogP contribution in [0.1, 0.15) is 5.56 Å². The molecule has 1 aromatic heterocycles. The Labute approximate surface area is 173 Å². The van der Waals surface area contributed by atoms with Crippen LogP contribution in [-0.2, 0) is 21.2 Å². The summed E-state index contributed by atoms with van der Waals surface area (Å²) in [5.41, 5.74) is 0.953. The second-order valence-electron chi connectivity index (χ2n) is 6.47. The molecule has 152 valence electrons. The zero-order valence-electron chi connectivity index (χ0n) is 15.1. The van der Waals surface area contributed by atoms with Crippen LogP contribution in [0.3, 0.4) is 0 Å². The fraction of sp³-hybridized carbons (Fsp3) is 0.389. The van der Waals surface area contributed by atoms with Gasteiger partial charge in [-0.25, -0.2) is 12.8 Å². The number of nitrogens with zero attached hydrogens (tertiary/aromatic N) is 2. The highest BCUT2D eigenvalue weighted by molar-refractivity contribution is 7.91. The van der Waals surface area contributed by atoms with Gasteiger partial charge in [0.2, 0.25) is 5.91 Å². The zero-order valence-corrected chi connectivity index (χ0v) is 17.5. The molecule has 0 atom stereocenters. The molecule has 3 rings (SSSR count). The lowest BCUT2D eigenvalue weighted by molar-refractivity contribution is -0.122. The molecule has 1 aliphatic heterocycles. The third-order valence-electron chi connectivity index (χ3n) is 4.49. The highest BCUT2D eigenvalue weighted by atomic mass is 35.5. The summed E-state index contributed by atoms with van der Waals surface area (Å²) in [5.74, 6) is -0.389. The number of hydrogen-bond acceptors (Lipinski definition) is 5. The number of benzene rings is 1. The van der Waals surface area contributed by atoms with Gasteiger partial charge in [-0.3, -0.25) is 9.69 Å². The van der Waals surface area contributed by atoms with E-state index in [2.05, 4.69) is 5.32 Å². The lowest BCUT2D eigenvalue weighted by Gasteiger charge is -2.33. The minimum Gasteiger partial charge on any atom is -0.355 e. The summed E-state index contributed by atoms with van der Waals surface area (Å²) in [6.07, 6.45) is 0.626. The normalized spacial score (nSPS) is 16.2. The molecule has 1 fully saturated rings. The van der Waals surface area contributed by atoms with E-state index in [1.54, 1.807) is 18.2 Å². The third kappa shape index (κ3) is 5.51. The van der Waals surface area contributed by atoms with E-state index in [1.807, 2.05) is 4.90 Å². The molecule has 0 saturated carbocycles. The summed E-state index contributed by atoms with van der Waals surface area (Å²) < 4.78 is 40.1. The van der Waals surface area contributed by atoms with Crippen molar-refractivity contribution in [3.8, 4) is 0 Å². The van der Waals surface area contributed by atoms with Crippen LogP contribution in [0.2, 0.25) is 4.34 Å². The zero-order chi connectivity index (χ0) is 20.1. The Kier molecular flexibility index (Phi) is 7.05. The molecule has 0 aliphatic carbocycles. The van der Waals surface area contributed by atoms with Crippen molar-refractivity contribution >= 4 is 38.9 Å². The first kappa shape index (κ1) is 21.2. The maximum Gasteiger partial charge on any atom is 0.252 e. The van der Waals surface area contributed by atoms with E-state index in [0.717, 1.165) is 16.9 Å². The number of carbonyl (C=O) groups is 1. The van der Waals surface area contributed by atoms with Crippen molar-refractivity contribution in [2.75, 3.05) is 39.3 Å². The molecular weight excluding hydrogens is 425 g/mol. The molecule has 1 aromatic carbocycles. The van der Waals surface area contributed by atoms with Gasteiger partial charge in [-0.15, -0.1) is 11.3 Å². The van der Waals surface area contributed by atoms with Crippen LogP contribution in [0.15, 0.2) is 40.6 Å². The molecule has 2 aromatic rings. The Hall–Kier alpha value is -1.52. The molecular formula is C18H21ClFN3O3S2. The second-order valence-corrected chi connectivity index (χ2v) is 10.3. The molecule has 28 heavy (non-hydrogen) atoms. The first-order chi connectivity index (χ1) is 13.3. The molecule has 0 radical (unpaired) electrons. The molecule has 1 aliphatic rings. The molecule has 10 heteroatoms. The first-order valence-corrected chi connectivity index (χ1v) is 11.5. The Balaban J connectivity index is 1.41. The van der Waals surface area contributed by atoms with Gasteiger partial charge in [0, 0.05) is 32.7 Å². The average Bonchev–Trinajstić information content (AvgIpc) is 3.11. The van der Waals surface area contributed by atoms with Crippen molar-refractivity contribution < 1.29 is 17.6 Å². The van der Waals surface area contributed by atoms with Crippen LogP contribution in [0.4, 0.5) is 4.39 Å². The Morgan fingerprint density at radius 2 is 1.79 bits per heavy atom. The van der Waals surface area contributed by atoms with Gasteiger partial charge in [0.05, 0.1) is 10.9 Å². The van der Waals surface area contributed by atoms with Gasteiger partial charge in [0.15, 0.2) is 0 Å². The summed E-state index contributed by atoms with van der Waals surface area (Å²) in [7, 11) is -3.53. The number of rotatable bonds is 7. The maximum atomic E-state index is 12.9. The van der Waals surface area contributed by atoms with Crippen LogP contribution in [0.25, 0.3) is 0 Å². The minimum absolute atomic E-state index is 0.108. The van der Waals surface area contributed by atoms with Gasteiger partial charge in [0.25, 0.3) is 10.0 Å². The predicted molar refractivity (Wildman–Crippen MR) is 108 cm³/mol. The summed E-state index contributed by atoms with van der Waals surface area (Å²) in [6.45, 7) is 2.34. The van der Waals surface area contributed by atoms with E-state index < -0.39 is 10.0 Å². The lowest BCUT2D eigenvalue weighted by Crippen LogP contribution is -2.51. The molecule has 1 N–H and O–H groups in total. The van der Waals surface area contributed by atoms with E-state index in [9.17, 15) is 17.6 Å². The fourth-order valence-corrected chi connectivity index (χ4v) is 6.01. The summed E-state index contributed by atoms with van der Waals surface area (Å²) >= 11 is 6.88. The molecule has 1 saturated heterocycles. The Bertz CT molecular complexity index is 910. The van der Waals surface area contributed by atoms with Gasteiger partial charge >= 0.3 is 0 Å². The SMILES string of the molecule is O=C(CN1CCN(S(=O)(=O)c2ccc(Cl)s2)CC1)NCCc1ccc(F)cc1. The number of carbonyl (C=O) groups excluding carboxylic acids is 1. The van der Waals surface area contributed by atoms with Crippen molar-refractivity contribution in [1.82, 2.24) is 14.5 Å². The topological polar surface area (TPSA) is 69.7 Å². The number of thiophene rings is 1. The van der Waals surface area contributed by atoms with E-state index in [0.29, 0.717) is 43.5 Å². The lowest BCUT2D eigenvalue weighted by atomic mass is 10.1. The first-order valence-electron chi connectivity index (χ1n) is 8.83. The van der Waals surface area contributed by atoms with Gasteiger partial charge in [-0.05, 0) is 36.2 Å². The van der Waals surface area contributed by atoms with Gasteiger partial charge in [-0.1, -0.05) is 23.7 Å². The Morgan fingerprint density at radius 1 is 1.11 bits per heavy atom. The number of amides is 1. The molecule has 0 bridgehead atoms. The van der Waals surface area contributed by atoms with Gasteiger partial charge in [-0.2, -0.15) is 4.31 Å². The van der Waals surface area contributed by atoms with E-state index in [-0.39, 0.29) is 22.5 Å². The van der Waals surface area contributed by atoms with E-state index in [4.69, 9.17) is 11.6 Å². The van der Waals surface area contributed by atoms with E-state index >= 15 is 0 Å². The average molecular weight is 446 g/mol. The number of hydrogen-bond donors (Lipinski definition) is 1. The van der Waals surface area contributed by atoms with Crippen LogP contribution >= 0.6 is 22.9 Å². The van der Waals surface area contributed by atoms with Crippen molar-refractivity contribution in [2.45, 2.75) is 10.6 Å². The number of halogens is 2. The van der Waals surface area contributed by atoms with Crippen molar-refractivity contribution in [3.63, 3.8) is 0 Å². The number of piperazine rings is 1. The van der Waals surface area contributed by atoms with Gasteiger partial charge in [0.1, 0.15) is 10.0 Å². The maximum absolute atomic E-state index is 12.9. The van der Waals surface area contributed by atoms with Crippen LogP contribution in [-0.4, -0.2) is 62.8 Å². The predicted octanol–water partition coefficient (Wildman–Crippen LogP) is 2.21. The van der Waals surface area contributed by atoms with E-state index in [1.165, 1.54) is 22.5 Å². The minimum atomic E-state index is -3.53. The highest BCUT2D eigenvalue weighted by Crippen LogP contribution is 2.28. The standard InChI is InChI=1S/C18H21ClFN3O3S2/c19-16-5-6-18(27-16)28(25,26)23-11-9-22(10-12-23)13-17(24)21-8-7-14-1-3-15(20)4-2-14/h1-6H,7-13H2,(H,21,24). The van der Waals surface area contributed by atoms with Crippen molar-refractivity contribution in [1.29, 1.82) is 0 Å². The number of sulfonamides is 1. The third-order valence-corrected chi connectivity index (χ3v) is 8.09. The second kappa shape index (κ2) is 9.32. The summed E-state index contributed by atoms with van der Waals surface area (Å²) in [6, 6.07) is 9.28. The number of nitrogens with one attached hydrogen (secondary N) is 1. The molecule has 2 heterocycles. The van der Waals surface area contributed by atoms with Gasteiger partial charge < -0.3 is 5.32 Å².